The third kappa shape index (κ3) is 4.52. The Morgan fingerprint density at radius 3 is 2.46 bits per heavy atom. The number of amides is 1. The Balaban J connectivity index is 1.30. The van der Waals surface area contributed by atoms with Crippen LogP contribution >= 0.6 is 11.6 Å². The summed E-state index contributed by atoms with van der Waals surface area (Å²) >= 11 is 5.96. The summed E-state index contributed by atoms with van der Waals surface area (Å²) in [6.45, 7) is 4.23. The van der Waals surface area contributed by atoms with Crippen LogP contribution in [0.3, 0.4) is 0 Å². The quantitative estimate of drug-likeness (QED) is 0.708. The highest BCUT2D eigenvalue weighted by Gasteiger charge is 2.20. The first-order chi connectivity index (χ1) is 13.7. The lowest BCUT2D eigenvalue weighted by Gasteiger charge is -2.35. The molecule has 6 nitrogen and oxygen atoms in total. The monoisotopic (exact) mass is 396 g/mol. The number of carbonyl (C=O) groups is 1. The van der Waals surface area contributed by atoms with E-state index >= 15 is 0 Å². The highest BCUT2D eigenvalue weighted by atomic mass is 35.5. The van der Waals surface area contributed by atoms with E-state index < -0.39 is 0 Å². The maximum Gasteiger partial charge on any atom is 0.277 e. The fourth-order valence-electron chi connectivity index (χ4n) is 3.21. The zero-order valence-corrected chi connectivity index (χ0v) is 16.1. The van der Waals surface area contributed by atoms with E-state index in [4.69, 9.17) is 16.0 Å². The van der Waals surface area contributed by atoms with Crippen molar-refractivity contribution in [3.63, 3.8) is 0 Å². The molecule has 1 N–H and O–H groups in total. The molecule has 1 fully saturated rings. The molecule has 28 heavy (non-hydrogen) atoms. The average Bonchev–Trinajstić information content (AvgIpc) is 3.19. The lowest BCUT2D eigenvalue weighted by molar-refractivity contribution is 0.102. The van der Waals surface area contributed by atoms with Crippen LogP contribution in [0.4, 0.5) is 11.4 Å². The van der Waals surface area contributed by atoms with Crippen molar-refractivity contribution in [3.8, 4) is 0 Å². The van der Waals surface area contributed by atoms with E-state index in [1.165, 1.54) is 12.0 Å². The molecule has 2 aromatic carbocycles. The summed E-state index contributed by atoms with van der Waals surface area (Å²) in [5.41, 5.74) is 2.20. The fraction of sp³-hybridized carbons (Fsp3) is 0.238. The molecule has 144 valence electrons. The topological polar surface area (TPSA) is 61.6 Å². The van der Waals surface area contributed by atoms with Crippen LogP contribution in [0.15, 0.2) is 65.3 Å². The third-order valence-electron chi connectivity index (χ3n) is 4.74. The molecule has 0 spiro atoms. The molecule has 1 amide bonds. The molecule has 1 saturated heterocycles. The fourth-order valence-corrected chi connectivity index (χ4v) is 3.34. The number of para-hydroxylation sites is 1. The van der Waals surface area contributed by atoms with Crippen molar-refractivity contribution in [2.24, 2.45) is 0 Å². The molecule has 0 radical (unpaired) electrons. The highest BCUT2D eigenvalue weighted by molar-refractivity contribution is 6.30. The second-order valence-electron chi connectivity index (χ2n) is 6.69. The van der Waals surface area contributed by atoms with Gasteiger partial charge in [0.15, 0.2) is 5.69 Å². The van der Waals surface area contributed by atoms with Crippen LogP contribution in [0, 0.1) is 0 Å². The SMILES string of the molecule is O=C(Nc1ccccc1)c1coc(CN2CCN(c3ccc(Cl)cc3)CC2)n1. The third-order valence-corrected chi connectivity index (χ3v) is 4.99. The van der Waals surface area contributed by atoms with Gasteiger partial charge in [-0.25, -0.2) is 4.98 Å². The van der Waals surface area contributed by atoms with Crippen LogP contribution in [-0.4, -0.2) is 42.0 Å². The van der Waals surface area contributed by atoms with Gasteiger partial charge in [0.1, 0.15) is 6.26 Å². The number of halogens is 1. The van der Waals surface area contributed by atoms with Crippen molar-refractivity contribution in [1.29, 1.82) is 0 Å². The summed E-state index contributed by atoms with van der Waals surface area (Å²) < 4.78 is 5.51. The molecule has 3 aromatic rings. The van der Waals surface area contributed by atoms with Crippen LogP contribution in [0.1, 0.15) is 16.4 Å². The van der Waals surface area contributed by atoms with Crippen LogP contribution in [0.25, 0.3) is 0 Å². The number of oxazole rings is 1. The largest absolute Gasteiger partial charge is 0.447 e. The van der Waals surface area contributed by atoms with Gasteiger partial charge in [-0.05, 0) is 36.4 Å². The minimum atomic E-state index is -0.270. The Bertz CT molecular complexity index is 919. The van der Waals surface area contributed by atoms with Gasteiger partial charge in [-0.3, -0.25) is 9.69 Å². The Labute approximate surface area is 168 Å². The van der Waals surface area contributed by atoms with Crippen LogP contribution in [-0.2, 0) is 6.54 Å². The first-order valence-electron chi connectivity index (χ1n) is 9.21. The van der Waals surface area contributed by atoms with E-state index in [9.17, 15) is 4.79 Å². The summed E-state index contributed by atoms with van der Waals surface area (Å²) in [4.78, 5) is 21.2. The molecule has 1 aromatic heterocycles. The summed E-state index contributed by atoms with van der Waals surface area (Å²) in [7, 11) is 0. The van der Waals surface area contributed by atoms with Crippen molar-refractivity contribution in [2.75, 3.05) is 36.4 Å². The number of hydrogen-bond acceptors (Lipinski definition) is 5. The molecule has 0 atom stereocenters. The number of aromatic nitrogens is 1. The zero-order chi connectivity index (χ0) is 19.3. The van der Waals surface area contributed by atoms with Crippen molar-refractivity contribution in [1.82, 2.24) is 9.88 Å². The molecule has 7 heteroatoms. The van der Waals surface area contributed by atoms with E-state index in [0.717, 1.165) is 36.9 Å². The minimum absolute atomic E-state index is 0.270. The Hall–Kier alpha value is -2.83. The van der Waals surface area contributed by atoms with Gasteiger partial charge in [-0.1, -0.05) is 29.8 Å². The number of anilines is 2. The van der Waals surface area contributed by atoms with E-state index in [2.05, 4.69) is 20.1 Å². The van der Waals surface area contributed by atoms with Crippen molar-refractivity contribution in [3.05, 3.63) is 77.5 Å². The van der Waals surface area contributed by atoms with Gasteiger partial charge in [-0.15, -0.1) is 0 Å². The van der Waals surface area contributed by atoms with Gasteiger partial charge in [0, 0.05) is 42.6 Å². The summed E-state index contributed by atoms with van der Waals surface area (Å²) in [5, 5.41) is 3.56. The first kappa shape index (κ1) is 18.5. The predicted molar refractivity (Wildman–Crippen MR) is 110 cm³/mol. The van der Waals surface area contributed by atoms with Crippen LogP contribution < -0.4 is 10.2 Å². The Morgan fingerprint density at radius 2 is 1.75 bits per heavy atom. The normalized spacial score (nSPS) is 14.8. The summed E-state index contributed by atoms with van der Waals surface area (Å²) in [6.07, 6.45) is 1.41. The Morgan fingerprint density at radius 1 is 1.04 bits per heavy atom. The molecular formula is C21H21ClN4O2. The number of hydrogen-bond donors (Lipinski definition) is 1. The lowest BCUT2D eigenvalue weighted by Crippen LogP contribution is -2.46. The van der Waals surface area contributed by atoms with E-state index in [1.807, 2.05) is 54.6 Å². The van der Waals surface area contributed by atoms with Gasteiger partial charge in [0.2, 0.25) is 5.89 Å². The van der Waals surface area contributed by atoms with Crippen LogP contribution in [0.2, 0.25) is 5.02 Å². The number of piperazine rings is 1. The van der Waals surface area contributed by atoms with Gasteiger partial charge in [-0.2, -0.15) is 0 Å². The standard InChI is InChI=1S/C21H21ClN4O2/c22-16-6-8-18(9-7-16)26-12-10-25(11-13-26)14-20-24-19(15-28-20)21(27)23-17-4-2-1-3-5-17/h1-9,15H,10-14H2,(H,23,27). The number of nitrogens with one attached hydrogen (secondary N) is 1. The second-order valence-corrected chi connectivity index (χ2v) is 7.12. The molecule has 4 rings (SSSR count). The number of benzene rings is 2. The van der Waals surface area contributed by atoms with Crippen molar-refractivity contribution >= 4 is 28.9 Å². The van der Waals surface area contributed by atoms with E-state index in [-0.39, 0.29) is 5.91 Å². The highest BCUT2D eigenvalue weighted by Crippen LogP contribution is 2.20. The summed E-state index contributed by atoms with van der Waals surface area (Å²) in [6, 6.07) is 17.2. The van der Waals surface area contributed by atoms with Crippen LogP contribution in [0.5, 0.6) is 0 Å². The summed E-state index contributed by atoms with van der Waals surface area (Å²) in [5.74, 6) is 0.284. The second kappa shape index (κ2) is 8.46. The molecule has 0 aliphatic carbocycles. The number of rotatable bonds is 5. The van der Waals surface area contributed by atoms with E-state index in [0.29, 0.717) is 18.1 Å². The maximum atomic E-state index is 12.3. The first-order valence-corrected chi connectivity index (χ1v) is 9.59. The zero-order valence-electron chi connectivity index (χ0n) is 15.3. The minimum Gasteiger partial charge on any atom is -0.447 e. The molecule has 1 aliphatic rings. The predicted octanol–water partition coefficient (Wildman–Crippen LogP) is 3.90. The number of carbonyl (C=O) groups excluding carboxylic acids is 1. The lowest BCUT2D eigenvalue weighted by atomic mass is 10.2. The van der Waals surface area contributed by atoms with Gasteiger partial charge >= 0.3 is 0 Å². The smallest absolute Gasteiger partial charge is 0.277 e. The number of nitrogens with zero attached hydrogens (tertiary/aromatic N) is 3. The molecule has 0 unspecified atom stereocenters. The molecule has 1 aliphatic heterocycles. The Kier molecular flexibility index (Phi) is 5.60. The van der Waals surface area contributed by atoms with Crippen molar-refractivity contribution < 1.29 is 9.21 Å². The van der Waals surface area contributed by atoms with Crippen molar-refractivity contribution in [2.45, 2.75) is 6.54 Å². The molecule has 0 saturated carbocycles. The molecular weight excluding hydrogens is 376 g/mol. The van der Waals surface area contributed by atoms with Gasteiger partial charge in [0.05, 0.1) is 6.54 Å². The average molecular weight is 397 g/mol. The van der Waals surface area contributed by atoms with Gasteiger partial charge < -0.3 is 14.6 Å². The molecule has 2 heterocycles. The van der Waals surface area contributed by atoms with Gasteiger partial charge in [0.25, 0.3) is 5.91 Å². The van der Waals surface area contributed by atoms with E-state index in [1.54, 1.807) is 0 Å². The maximum absolute atomic E-state index is 12.3. The molecule has 0 bridgehead atoms.